The van der Waals surface area contributed by atoms with Crippen molar-refractivity contribution in [3.8, 4) is 11.5 Å². The predicted octanol–water partition coefficient (Wildman–Crippen LogP) is 5.22. The lowest BCUT2D eigenvalue weighted by atomic mass is 10.1. The van der Waals surface area contributed by atoms with E-state index in [0.717, 1.165) is 24.4 Å². The van der Waals surface area contributed by atoms with Crippen LogP contribution in [-0.4, -0.2) is 4.98 Å². The maximum absolute atomic E-state index is 12.6. The number of hydrogen-bond acceptors (Lipinski definition) is 2. The van der Waals surface area contributed by atoms with Crippen molar-refractivity contribution in [3.63, 3.8) is 0 Å². The van der Waals surface area contributed by atoms with E-state index >= 15 is 0 Å². The third kappa shape index (κ3) is 3.69. The van der Waals surface area contributed by atoms with E-state index in [0.29, 0.717) is 11.6 Å². The molecule has 0 bridgehead atoms. The Morgan fingerprint density at radius 3 is 2.09 bits per heavy atom. The highest BCUT2D eigenvalue weighted by Crippen LogP contribution is 2.35. The largest absolute Gasteiger partial charge is 0.455 e. The zero-order valence-electron chi connectivity index (χ0n) is 11.1. The normalized spacial score (nSPS) is 12.3. The van der Waals surface area contributed by atoms with E-state index in [1.54, 1.807) is 0 Å². The summed E-state index contributed by atoms with van der Waals surface area (Å²) in [6.07, 6.45) is -8.32. The number of pyridine rings is 1. The number of ether oxygens (including phenoxy) is 1. The number of alkyl halides is 6. The van der Waals surface area contributed by atoms with E-state index in [1.807, 2.05) is 0 Å². The van der Waals surface area contributed by atoms with Gasteiger partial charge in [0.25, 0.3) is 0 Å². The van der Waals surface area contributed by atoms with Crippen LogP contribution in [0.15, 0.2) is 36.5 Å². The fourth-order valence-electron chi connectivity index (χ4n) is 1.62. The Labute approximate surface area is 121 Å². The van der Waals surface area contributed by atoms with Gasteiger partial charge in [-0.25, -0.2) is 4.98 Å². The van der Waals surface area contributed by atoms with Crippen molar-refractivity contribution in [2.45, 2.75) is 19.3 Å². The fraction of sp³-hybridized carbons (Fsp3) is 0.214. The van der Waals surface area contributed by atoms with Crippen molar-refractivity contribution < 1.29 is 31.1 Å². The Morgan fingerprint density at radius 2 is 1.59 bits per heavy atom. The van der Waals surface area contributed by atoms with Crippen molar-refractivity contribution in [1.82, 2.24) is 4.98 Å². The number of aryl methyl sites for hydroxylation is 1. The van der Waals surface area contributed by atoms with Gasteiger partial charge in [0.05, 0.1) is 11.8 Å². The predicted molar refractivity (Wildman–Crippen MR) is 65.5 cm³/mol. The molecule has 0 unspecified atom stereocenters. The highest BCUT2D eigenvalue weighted by Gasteiger charge is 2.32. The Hall–Kier alpha value is -2.25. The van der Waals surface area contributed by atoms with E-state index < -0.39 is 23.6 Å². The van der Waals surface area contributed by atoms with Crippen molar-refractivity contribution in [2.75, 3.05) is 0 Å². The van der Waals surface area contributed by atoms with Crippen molar-refractivity contribution in [3.05, 3.63) is 53.3 Å². The minimum atomic E-state index is -4.59. The van der Waals surface area contributed by atoms with Crippen LogP contribution >= 0.6 is 0 Å². The van der Waals surface area contributed by atoms with Gasteiger partial charge >= 0.3 is 12.4 Å². The Bertz CT molecular complexity index is 661. The quantitative estimate of drug-likeness (QED) is 0.708. The average molecular weight is 321 g/mol. The topological polar surface area (TPSA) is 22.1 Å². The number of rotatable bonds is 2. The van der Waals surface area contributed by atoms with Crippen LogP contribution in [0.2, 0.25) is 0 Å². The molecule has 118 valence electrons. The second-order valence-electron chi connectivity index (χ2n) is 4.46. The first-order chi connectivity index (χ1) is 10.1. The molecule has 0 spiro atoms. The minimum absolute atomic E-state index is 0.0876. The van der Waals surface area contributed by atoms with Gasteiger partial charge in [-0.05, 0) is 36.8 Å². The summed E-state index contributed by atoms with van der Waals surface area (Å²) in [7, 11) is 0. The summed E-state index contributed by atoms with van der Waals surface area (Å²) < 4.78 is 80.2. The molecule has 2 rings (SSSR count). The van der Waals surface area contributed by atoms with Crippen LogP contribution in [0, 0.1) is 6.92 Å². The second kappa shape index (κ2) is 5.51. The molecule has 0 saturated heterocycles. The minimum Gasteiger partial charge on any atom is -0.455 e. The average Bonchev–Trinajstić information content (AvgIpc) is 2.39. The zero-order chi connectivity index (χ0) is 16.5. The highest BCUT2D eigenvalue weighted by atomic mass is 19.4. The SMILES string of the molecule is Cc1ccc(C(F)(F)F)cc1Oc1ccc(C(F)(F)F)nc1. The highest BCUT2D eigenvalue weighted by molar-refractivity contribution is 5.40. The molecule has 0 aliphatic heterocycles. The number of halogens is 6. The molecule has 0 fully saturated rings. The molecule has 0 atom stereocenters. The van der Waals surface area contributed by atoms with E-state index in [2.05, 4.69) is 4.98 Å². The summed E-state index contributed by atoms with van der Waals surface area (Å²) >= 11 is 0. The summed E-state index contributed by atoms with van der Waals surface area (Å²) in [6.45, 7) is 1.52. The van der Waals surface area contributed by atoms with E-state index in [9.17, 15) is 26.3 Å². The molecule has 0 amide bonds. The second-order valence-corrected chi connectivity index (χ2v) is 4.46. The van der Waals surface area contributed by atoms with Gasteiger partial charge in [0.1, 0.15) is 17.2 Å². The monoisotopic (exact) mass is 321 g/mol. The third-order valence-corrected chi connectivity index (χ3v) is 2.77. The lowest BCUT2D eigenvalue weighted by molar-refractivity contribution is -0.141. The Balaban J connectivity index is 2.27. The van der Waals surface area contributed by atoms with E-state index in [-0.39, 0.29) is 11.5 Å². The van der Waals surface area contributed by atoms with Gasteiger partial charge in [-0.3, -0.25) is 0 Å². The van der Waals surface area contributed by atoms with Crippen molar-refractivity contribution in [2.24, 2.45) is 0 Å². The summed E-state index contributed by atoms with van der Waals surface area (Å²) in [5.41, 5.74) is -1.61. The molecule has 2 aromatic rings. The molecule has 1 aromatic carbocycles. The van der Waals surface area contributed by atoms with Crippen LogP contribution in [0.1, 0.15) is 16.8 Å². The Kier molecular flexibility index (Phi) is 4.04. The van der Waals surface area contributed by atoms with Gasteiger partial charge in [-0.1, -0.05) is 6.07 Å². The van der Waals surface area contributed by atoms with Gasteiger partial charge in [-0.2, -0.15) is 26.3 Å². The first-order valence-corrected chi connectivity index (χ1v) is 5.96. The summed E-state index contributed by atoms with van der Waals surface area (Å²) in [4.78, 5) is 3.17. The zero-order valence-corrected chi connectivity index (χ0v) is 11.1. The molecule has 1 heterocycles. The van der Waals surface area contributed by atoms with Gasteiger partial charge in [-0.15, -0.1) is 0 Å². The van der Waals surface area contributed by atoms with E-state index in [4.69, 9.17) is 4.74 Å². The summed E-state index contributed by atoms with van der Waals surface area (Å²) in [5.74, 6) is -0.188. The first kappa shape index (κ1) is 16.1. The van der Waals surface area contributed by atoms with Crippen LogP contribution in [0.3, 0.4) is 0 Å². The van der Waals surface area contributed by atoms with Crippen LogP contribution in [0.25, 0.3) is 0 Å². The maximum atomic E-state index is 12.6. The number of hydrogen-bond donors (Lipinski definition) is 0. The van der Waals surface area contributed by atoms with Gasteiger partial charge < -0.3 is 4.74 Å². The van der Waals surface area contributed by atoms with Crippen LogP contribution in [0.5, 0.6) is 11.5 Å². The lowest BCUT2D eigenvalue weighted by Crippen LogP contribution is -2.07. The van der Waals surface area contributed by atoms with Crippen LogP contribution in [0.4, 0.5) is 26.3 Å². The van der Waals surface area contributed by atoms with Gasteiger partial charge in [0.15, 0.2) is 0 Å². The number of nitrogens with zero attached hydrogens (tertiary/aromatic N) is 1. The molecule has 2 nitrogen and oxygen atoms in total. The third-order valence-electron chi connectivity index (χ3n) is 2.77. The van der Waals surface area contributed by atoms with Crippen LogP contribution in [-0.2, 0) is 12.4 Å². The standard InChI is InChI=1S/C14H9F6NO/c1-8-2-3-9(13(15,16)17)6-11(8)22-10-4-5-12(21-7-10)14(18,19)20/h2-7H,1H3. The Morgan fingerprint density at radius 1 is 0.909 bits per heavy atom. The molecule has 0 aliphatic carbocycles. The van der Waals surface area contributed by atoms with E-state index in [1.165, 1.54) is 13.0 Å². The molecule has 0 radical (unpaired) electrons. The molecule has 22 heavy (non-hydrogen) atoms. The molecule has 0 aliphatic rings. The maximum Gasteiger partial charge on any atom is 0.433 e. The number of aromatic nitrogens is 1. The fourth-order valence-corrected chi connectivity index (χ4v) is 1.62. The molecule has 8 heteroatoms. The summed E-state index contributed by atoms with van der Waals surface area (Å²) in [6, 6.07) is 4.59. The molecule has 1 aromatic heterocycles. The van der Waals surface area contributed by atoms with Crippen molar-refractivity contribution in [1.29, 1.82) is 0 Å². The molecular formula is C14H9F6NO. The first-order valence-electron chi connectivity index (χ1n) is 5.96. The van der Waals surface area contributed by atoms with Crippen molar-refractivity contribution >= 4 is 0 Å². The number of benzene rings is 1. The van der Waals surface area contributed by atoms with Gasteiger partial charge in [0.2, 0.25) is 0 Å². The van der Waals surface area contributed by atoms with Gasteiger partial charge in [0, 0.05) is 0 Å². The summed E-state index contributed by atoms with van der Waals surface area (Å²) in [5, 5.41) is 0. The smallest absolute Gasteiger partial charge is 0.433 e. The molecule has 0 N–H and O–H groups in total. The van der Waals surface area contributed by atoms with Crippen LogP contribution < -0.4 is 4.74 Å². The lowest BCUT2D eigenvalue weighted by Gasteiger charge is -2.13. The molecular weight excluding hydrogens is 312 g/mol. The molecule has 0 saturated carbocycles.